The van der Waals surface area contributed by atoms with E-state index in [1.165, 1.54) is 0 Å². The molecule has 0 aliphatic carbocycles. The van der Waals surface area contributed by atoms with Gasteiger partial charge in [0.05, 0.1) is 6.26 Å². The second kappa shape index (κ2) is 4.56. The summed E-state index contributed by atoms with van der Waals surface area (Å²) in [6.45, 7) is 4.08. The lowest BCUT2D eigenvalue weighted by molar-refractivity contribution is 0.220. The smallest absolute Gasteiger partial charge is 0.134 e. The van der Waals surface area contributed by atoms with E-state index in [1.54, 1.807) is 6.26 Å². The maximum absolute atomic E-state index is 10.6. The van der Waals surface area contributed by atoms with Gasteiger partial charge >= 0.3 is 0 Å². The average Bonchev–Trinajstić information content (AvgIpc) is 2.80. The number of para-hydroxylation sites is 1. The van der Waals surface area contributed by atoms with Crippen molar-refractivity contribution in [3.63, 3.8) is 0 Å². The highest BCUT2D eigenvalue weighted by Crippen LogP contribution is 2.31. The zero-order valence-corrected chi connectivity index (χ0v) is 11.1. The summed E-state index contributed by atoms with van der Waals surface area (Å²) in [4.78, 5) is 0. The van der Waals surface area contributed by atoms with E-state index in [4.69, 9.17) is 4.42 Å². The minimum atomic E-state index is -0.651. The van der Waals surface area contributed by atoms with Crippen molar-refractivity contribution >= 4 is 11.0 Å². The molecule has 3 rings (SSSR count). The predicted molar refractivity (Wildman–Crippen MR) is 76.2 cm³/mol. The monoisotopic (exact) mass is 252 g/mol. The average molecular weight is 252 g/mol. The van der Waals surface area contributed by atoms with Gasteiger partial charge in [-0.2, -0.15) is 0 Å². The maximum atomic E-state index is 10.6. The van der Waals surface area contributed by atoms with Crippen LogP contribution in [0.5, 0.6) is 0 Å². The van der Waals surface area contributed by atoms with Gasteiger partial charge in [-0.3, -0.25) is 0 Å². The van der Waals surface area contributed by atoms with Crippen LogP contribution >= 0.6 is 0 Å². The van der Waals surface area contributed by atoms with Crippen LogP contribution in [0.3, 0.4) is 0 Å². The minimum absolute atomic E-state index is 0.651. The molecule has 0 radical (unpaired) electrons. The second-order valence-corrected chi connectivity index (χ2v) is 5.01. The molecular formula is C17H16O2. The number of aliphatic hydroxyl groups is 1. The number of hydrogen-bond donors (Lipinski definition) is 1. The quantitative estimate of drug-likeness (QED) is 0.744. The molecule has 1 unspecified atom stereocenters. The second-order valence-electron chi connectivity index (χ2n) is 5.01. The number of aryl methyl sites for hydroxylation is 2. The molecule has 1 atom stereocenters. The molecule has 1 heterocycles. The number of benzene rings is 2. The summed E-state index contributed by atoms with van der Waals surface area (Å²) < 4.78 is 5.49. The summed E-state index contributed by atoms with van der Waals surface area (Å²) >= 11 is 0. The third-order valence-electron chi connectivity index (χ3n) is 3.37. The first kappa shape index (κ1) is 12.0. The van der Waals surface area contributed by atoms with E-state index in [9.17, 15) is 5.11 Å². The summed E-state index contributed by atoms with van der Waals surface area (Å²) in [5.74, 6) is 0. The van der Waals surface area contributed by atoms with Crippen molar-refractivity contribution in [3.05, 3.63) is 71.0 Å². The lowest BCUT2D eigenvalue weighted by Crippen LogP contribution is -1.99. The van der Waals surface area contributed by atoms with Crippen LogP contribution in [-0.2, 0) is 0 Å². The van der Waals surface area contributed by atoms with E-state index in [0.717, 1.165) is 33.2 Å². The van der Waals surface area contributed by atoms with Gasteiger partial charge in [-0.25, -0.2) is 0 Å². The highest BCUT2D eigenvalue weighted by atomic mass is 16.3. The van der Waals surface area contributed by atoms with Crippen molar-refractivity contribution in [2.75, 3.05) is 0 Å². The molecule has 2 nitrogen and oxygen atoms in total. The summed E-state index contributed by atoms with van der Waals surface area (Å²) in [6.07, 6.45) is 0.995. The molecule has 0 saturated carbocycles. The zero-order valence-electron chi connectivity index (χ0n) is 11.1. The SMILES string of the molecule is Cc1cc(C)cc(C(O)c2coc3ccccc23)c1. The number of hydrogen-bond acceptors (Lipinski definition) is 2. The number of furan rings is 1. The minimum Gasteiger partial charge on any atom is -0.464 e. The van der Waals surface area contributed by atoms with Gasteiger partial charge in [-0.15, -0.1) is 0 Å². The maximum Gasteiger partial charge on any atom is 0.134 e. The fraction of sp³-hybridized carbons (Fsp3) is 0.176. The number of fused-ring (bicyclic) bond motifs is 1. The summed E-state index contributed by atoms with van der Waals surface area (Å²) in [7, 11) is 0. The molecule has 96 valence electrons. The van der Waals surface area contributed by atoms with Crippen LogP contribution in [0.1, 0.15) is 28.4 Å². The Balaban J connectivity index is 2.10. The Bertz CT molecular complexity index is 705. The predicted octanol–water partition coefficient (Wildman–Crippen LogP) is 4.13. The molecule has 0 saturated heterocycles. The van der Waals surface area contributed by atoms with Gasteiger partial charge in [0, 0.05) is 10.9 Å². The van der Waals surface area contributed by atoms with Gasteiger partial charge in [-0.1, -0.05) is 47.5 Å². The van der Waals surface area contributed by atoms with Crippen LogP contribution in [0.4, 0.5) is 0 Å². The third kappa shape index (κ3) is 2.15. The van der Waals surface area contributed by atoms with Gasteiger partial charge in [0.1, 0.15) is 11.7 Å². The molecule has 0 aliphatic heterocycles. The van der Waals surface area contributed by atoms with E-state index in [0.29, 0.717) is 0 Å². The normalized spacial score (nSPS) is 12.8. The van der Waals surface area contributed by atoms with Crippen molar-refractivity contribution in [3.8, 4) is 0 Å². The van der Waals surface area contributed by atoms with Crippen LogP contribution in [0.25, 0.3) is 11.0 Å². The fourth-order valence-corrected chi connectivity index (χ4v) is 2.56. The molecule has 19 heavy (non-hydrogen) atoms. The molecule has 0 amide bonds. The Morgan fingerprint density at radius 3 is 2.42 bits per heavy atom. The first-order chi connectivity index (χ1) is 9.15. The van der Waals surface area contributed by atoms with Crippen LogP contribution < -0.4 is 0 Å². The van der Waals surface area contributed by atoms with E-state index in [1.807, 2.05) is 50.2 Å². The highest BCUT2D eigenvalue weighted by Gasteiger charge is 2.16. The van der Waals surface area contributed by atoms with Gasteiger partial charge in [0.2, 0.25) is 0 Å². The van der Waals surface area contributed by atoms with Crippen LogP contribution in [0.2, 0.25) is 0 Å². The highest BCUT2D eigenvalue weighted by molar-refractivity contribution is 5.81. The molecule has 3 aromatic rings. The molecule has 0 bridgehead atoms. The molecule has 1 N–H and O–H groups in total. The molecule has 0 spiro atoms. The van der Waals surface area contributed by atoms with Crippen molar-refractivity contribution in [1.82, 2.24) is 0 Å². The molecule has 0 aliphatic rings. The van der Waals surface area contributed by atoms with Crippen molar-refractivity contribution in [2.24, 2.45) is 0 Å². The van der Waals surface area contributed by atoms with Crippen LogP contribution in [-0.4, -0.2) is 5.11 Å². The Hall–Kier alpha value is -2.06. The molecule has 1 aromatic heterocycles. The van der Waals surface area contributed by atoms with E-state index in [2.05, 4.69) is 6.07 Å². The summed E-state index contributed by atoms with van der Waals surface area (Å²) in [6, 6.07) is 13.9. The van der Waals surface area contributed by atoms with Crippen molar-refractivity contribution in [2.45, 2.75) is 20.0 Å². The van der Waals surface area contributed by atoms with E-state index in [-0.39, 0.29) is 0 Å². The largest absolute Gasteiger partial charge is 0.464 e. The topological polar surface area (TPSA) is 33.4 Å². The standard InChI is InChI=1S/C17H16O2/c1-11-7-12(2)9-13(8-11)17(18)15-10-19-16-6-4-3-5-14(15)16/h3-10,17-18H,1-2H3. The van der Waals surface area contributed by atoms with Crippen LogP contribution in [0.15, 0.2) is 53.1 Å². The lowest BCUT2D eigenvalue weighted by atomic mass is 9.98. The Morgan fingerprint density at radius 1 is 1.00 bits per heavy atom. The van der Waals surface area contributed by atoms with E-state index < -0.39 is 6.10 Å². The number of aliphatic hydroxyl groups excluding tert-OH is 1. The molecule has 2 aromatic carbocycles. The van der Waals surface area contributed by atoms with Crippen molar-refractivity contribution in [1.29, 1.82) is 0 Å². The summed E-state index contributed by atoms with van der Waals surface area (Å²) in [5, 5.41) is 11.5. The van der Waals surface area contributed by atoms with E-state index >= 15 is 0 Å². The molecule has 0 fully saturated rings. The first-order valence-corrected chi connectivity index (χ1v) is 6.37. The number of rotatable bonds is 2. The Kier molecular flexibility index (Phi) is 2.88. The first-order valence-electron chi connectivity index (χ1n) is 6.37. The molecular weight excluding hydrogens is 236 g/mol. The van der Waals surface area contributed by atoms with Gasteiger partial charge in [0.15, 0.2) is 0 Å². The summed E-state index contributed by atoms with van der Waals surface area (Å²) in [5.41, 5.74) is 4.84. The van der Waals surface area contributed by atoms with Crippen LogP contribution in [0, 0.1) is 13.8 Å². The zero-order chi connectivity index (χ0) is 13.4. The Labute approximate surface area is 112 Å². The fourth-order valence-electron chi connectivity index (χ4n) is 2.56. The van der Waals surface area contributed by atoms with Gasteiger partial charge in [0.25, 0.3) is 0 Å². The van der Waals surface area contributed by atoms with Crippen molar-refractivity contribution < 1.29 is 9.52 Å². The van der Waals surface area contributed by atoms with Gasteiger partial charge in [-0.05, 0) is 25.5 Å². The molecule has 2 heteroatoms. The Morgan fingerprint density at radius 2 is 1.68 bits per heavy atom. The van der Waals surface area contributed by atoms with Gasteiger partial charge < -0.3 is 9.52 Å². The third-order valence-corrected chi connectivity index (χ3v) is 3.37. The lowest BCUT2D eigenvalue weighted by Gasteiger charge is -2.11.